The van der Waals surface area contributed by atoms with Crippen LogP contribution in [0.25, 0.3) is 0 Å². The van der Waals surface area contributed by atoms with Gasteiger partial charge in [-0.05, 0) is 32.6 Å². The Hall–Kier alpha value is -2.04. The number of aliphatic imine (C=N–C) groups is 1. The van der Waals surface area contributed by atoms with E-state index in [4.69, 9.17) is 4.74 Å². The number of nitrogens with zero attached hydrogens (tertiary/aromatic N) is 2. The van der Waals surface area contributed by atoms with Crippen molar-refractivity contribution < 1.29 is 14.5 Å². The first-order valence-electron chi connectivity index (χ1n) is 13.1. The van der Waals surface area contributed by atoms with E-state index in [1.807, 2.05) is 19.1 Å². The summed E-state index contributed by atoms with van der Waals surface area (Å²) in [6.07, 6.45) is 21.7. The number of ether oxygens (including phenoxy) is 1. The van der Waals surface area contributed by atoms with Gasteiger partial charge in [0.15, 0.2) is 6.23 Å². The Kier molecular flexibility index (Phi) is 18.1. The lowest BCUT2D eigenvalue weighted by atomic mass is 10.0. The summed E-state index contributed by atoms with van der Waals surface area (Å²) < 4.78 is 5.38. The standard InChI is InChI=1S/C27H44N2O4/c1-2-33-27(28-24-30)23-17-15-13-11-9-7-5-3-4-6-8-10-12-14-16-20-25-21-18-19-22-26(25)29(31)32/h18-19,21-22,27H,2-17,20,23H2,1H3. The minimum atomic E-state index is -0.300. The molecule has 1 atom stereocenters. The molecule has 1 aromatic carbocycles. The van der Waals surface area contributed by atoms with Gasteiger partial charge in [0.25, 0.3) is 5.69 Å². The fourth-order valence-electron chi connectivity index (χ4n) is 4.27. The molecular weight excluding hydrogens is 416 g/mol. The van der Waals surface area contributed by atoms with Crippen molar-refractivity contribution in [3.05, 3.63) is 39.9 Å². The Labute approximate surface area is 200 Å². The molecule has 1 rings (SSSR count). The molecule has 0 N–H and O–H groups in total. The van der Waals surface area contributed by atoms with Crippen LogP contribution in [0.1, 0.15) is 115 Å². The van der Waals surface area contributed by atoms with Gasteiger partial charge in [-0.3, -0.25) is 10.1 Å². The molecule has 0 saturated heterocycles. The molecule has 33 heavy (non-hydrogen) atoms. The van der Waals surface area contributed by atoms with Gasteiger partial charge < -0.3 is 4.74 Å². The summed E-state index contributed by atoms with van der Waals surface area (Å²) in [5.74, 6) is 0. The highest BCUT2D eigenvalue weighted by Crippen LogP contribution is 2.20. The van der Waals surface area contributed by atoms with Crippen molar-refractivity contribution in [2.75, 3.05) is 6.61 Å². The largest absolute Gasteiger partial charge is 0.356 e. The van der Waals surface area contributed by atoms with Gasteiger partial charge in [0, 0.05) is 18.2 Å². The van der Waals surface area contributed by atoms with Crippen molar-refractivity contribution in [2.45, 2.75) is 122 Å². The molecule has 0 aliphatic heterocycles. The molecule has 0 fully saturated rings. The van der Waals surface area contributed by atoms with Crippen LogP contribution in [-0.4, -0.2) is 23.8 Å². The lowest BCUT2D eigenvalue weighted by Crippen LogP contribution is -2.09. The molecule has 0 radical (unpaired) electrons. The molecule has 0 spiro atoms. The van der Waals surface area contributed by atoms with Gasteiger partial charge in [-0.2, -0.15) is 4.99 Å². The van der Waals surface area contributed by atoms with E-state index in [0.717, 1.165) is 37.7 Å². The van der Waals surface area contributed by atoms with Crippen LogP contribution in [0, 0.1) is 10.1 Å². The van der Waals surface area contributed by atoms with E-state index in [9.17, 15) is 14.9 Å². The normalized spacial score (nSPS) is 11.8. The molecule has 0 amide bonds. The molecule has 1 unspecified atom stereocenters. The van der Waals surface area contributed by atoms with Gasteiger partial charge in [0.05, 0.1) is 4.92 Å². The molecule has 0 aromatic heterocycles. The number of hydrogen-bond donors (Lipinski definition) is 0. The minimum Gasteiger partial charge on any atom is -0.356 e. The number of nitro groups is 1. The van der Waals surface area contributed by atoms with E-state index in [1.165, 1.54) is 77.0 Å². The summed E-state index contributed by atoms with van der Waals surface area (Å²) in [6, 6.07) is 7.10. The molecule has 0 aliphatic carbocycles. The molecular formula is C27H44N2O4. The number of isocyanates is 1. The number of para-hydroxylation sites is 1. The van der Waals surface area contributed by atoms with Crippen molar-refractivity contribution >= 4 is 11.8 Å². The molecule has 6 nitrogen and oxygen atoms in total. The predicted molar refractivity (Wildman–Crippen MR) is 134 cm³/mol. The zero-order chi connectivity index (χ0) is 24.0. The third kappa shape index (κ3) is 15.4. The van der Waals surface area contributed by atoms with E-state index in [-0.39, 0.29) is 16.8 Å². The molecule has 0 bridgehead atoms. The number of unbranched alkanes of at least 4 members (excludes halogenated alkanes) is 14. The monoisotopic (exact) mass is 460 g/mol. The Morgan fingerprint density at radius 1 is 0.848 bits per heavy atom. The SMILES string of the molecule is CCOC(CCCCCCCCCCCCCCCCCc1ccccc1[N+](=O)[O-])N=C=O. The molecule has 6 heteroatoms. The number of aryl methyl sites for hydroxylation is 1. The highest BCUT2D eigenvalue weighted by molar-refractivity contribution is 5.39. The zero-order valence-electron chi connectivity index (χ0n) is 20.6. The zero-order valence-corrected chi connectivity index (χ0v) is 20.6. The van der Waals surface area contributed by atoms with Crippen LogP contribution >= 0.6 is 0 Å². The van der Waals surface area contributed by atoms with Gasteiger partial charge >= 0.3 is 0 Å². The Bertz CT molecular complexity index is 674. The van der Waals surface area contributed by atoms with Crippen LogP contribution in [0.15, 0.2) is 29.3 Å². The average Bonchev–Trinajstić information content (AvgIpc) is 2.81. The highest BCUT2D eigenvalue weighted by Gasteiger charge is 2.11. The summed E-state index contributed by atoms with van der Waals surface area (Å²) in [5, 5.41) is 11.0. The molecule has 186 valence electrons. The van der Waals surface area contributed by atoms with E-state index in [1.54, 1.807) is 18.2 Å². The maximum atomic E-state index is 11.0. The number of hydrogen-bond acceptors (Lipinski definition) is 5. The highest BCUT2D eigenvalue weighted by atomic mass is 16.6. The van der Waals surface area contributed by atoms with Crippen molar-refractivity contribution in [3.8, 4) is 0 Å². The van der Waals surface area contributed by atoms with Crippen LogP contribution in [-0.2, 0) is 16.0 Å². The number of benzene rings is 1. The second kappa shape index (κ2) is 20.6. The predicted octanol–water partition coefficient (Wildman–Crippen LogP) is 8.08. The fourth-order valence-corrected chi connectivity index (χ4v) is 4.27. The van der Waals surface area contributed by atoms with Crippen LogP contribution in [0.4, 0.5) is 5.69 Å². The van der Waals surface area contributed by atoms with Crippen molar-refractivity contribution in [2.24, 2.45) is 4.99 Å². The van der Waals surface area contributed by atoms with Gasteiger partial charge in [-0.15, -0.1) is 0 Å². The lowest BCUT2D eigenvalue weighted by Gasteiger charge is -2.10. The van der Waals surface area contributed by atoms with E-state index >= 15 is 0 Å². The number of rotatable bonds is 22. The van der Waals surface area contributed by atoms with Crippen molar-refractivity contribution in [3.63, 3.8) is 0 Å². The van der Waals surface area contributed by atoms with E-state index in [2.05, 4.69) is 4.99 Å². The van der Waals surface area contributed by atoms with Gasteiger partial charge in [-0.25, -0.2) is 4.79 Å². The molecule has 0 saturated carbocycles. The van der Waals surface area contributed by atoms with E-state index in [0.29, 0.717) is 6.61 Å². The van der Waals surface area contributed by atoms with Crippen LogP contribution in [0.3, 0.4) is 0 Å². The average molecular weight is 461 g/mol. The Balaban J connectivity index is 1.84. The number of nitro benzene ring substituents is 1. The molecule has 0 aliphatic rings. The summed E-state index contributed by atoms with van der Waals surface area (Å²) >= 11 is 0. The first kappa shape index (κ1) is 29.0. The van der Waals surface area contributed by atoms with Crippen molar-refractivity contribution in [1.82, 2.24) is 0 Å². The van der Waals surface area contributed by atoms with Crippen LogP contribution < -0.4 is 0 Å². The lowest BCUT2D eigenvalue weighted by molar-refractivity contribution is -0.385. The maximum Gasteiger partial charge on any atom is 0.272 e. The van der Waals surface area contributed by atoms with Crippen LogP contribution in [0.2, 0.25) is 0 Å². The third-order valence-corrected chi connectivity index (χ3v) is 6.14. The second-order valence-corrected chi connectivity index (χ2v) is 8.86. The Morgan fingerprint density at radius 2 is 1.33 bits per heavy atom. The number of carbonyl (C=O) groups excluding carboxylic acids is 1. The van der Waals surface area contributed by atoms with Gasteiger partial charge in [-0.1, -0.05) is 102 Å². The smallest absolute Gasteiger partial charge is 0.272 e. The Morgan fingerprint density at radius 3 is 1.82 bits per heavy atom. The summed E-state index contributed by atoms with van der Waals surface area (Å²) in [4.78, 5) is 24.8. The maximum absolute atomic E-state index is 11.0. The summed E-state index contributed by atoms with van der Waals surface area (Å²) in [5.41, 5.74) is 1.12. The van der Waals surface area contributed by atoms with Gasteiger partial charge in [0.2, 0.25) is 6.08 Å². The minimum absolute atomic E-state index is 0.259. The van der Waals surface area contributed by atoms with E-state index < -0.39 is 0 Å². The molecule has 1 aromatic rings. The quantitative estimate of drug-likeness (QED) is 0.0575. The first-order chi connectivity index (χ1) is 16.2. The van der Waals surface area contributed by atoms with Gasteiger partial charge in [0.1, 0.15) is 0 Å². The summed E-state index contributed by atoms with van der Waals surface area (Å²) in [6.45, 7) is 2.50. The second-order valence-electron chi connectivity index (χ2n) is 8.86. The topological polar surface area (TPSA) is 81.8 Å². The first-order valence-corrected chi connectivity index (χ1v) is 13.1. The fraction of sp³-hybridized carbons (Fsp3) is 0.741. The third-order valence-electron chi connectivity index (χ3n) is 6.14. The molecule has 0 heterocycles. The van der Waals surface area contributed by atoms with Crippen LogP contribution in [0.5, 0.6) is 0 Å². The van der Waals surface area contributed by atoms with Crippen molar-refractivity contribution in [1.29, 1.82) is 0 Å². The summed E-state index contributed by atoms with van der Waals surface area (Å²) in [7, 11) is 0.